The standard InChI is InChI=1S/C10H10IN3O/c11-9-2-1-3-10(6-9)15-5-4-14-8-12-7-13-14/h1-3,6-8H,4-5H2. The van der Waals surface area contributed by atoms with Gasteiger partial charge in [-0.15, -0.1) is 0 Å². The number of benzene rings is 1. The third-order valence-electron chi connectivity index (χ3n) is 1.85. The third kappa shape index (κ3) is 3.19. The van der Waals surface area contributed by atoms with Crippen LogP contribution in [0.4, 0.5) is 0 Å². The molecule has 1 heterocycles. The molecule has 0 aliphatic heterocycles. The number of halogens is 1. The predicted octanol–water partition coefficient (Wildman–Crippen LogP) is 1.96. The summed E-state index contributed by atoms with van der Waals surface area (Å²) in [5.41, 5.74) is 0. The Morgan fingerprint density at radius 1 is 1.40 bits per heavy atom. The maximum atomic E-state index is 5.57. The SMILES string of the molecule is Ic1cccc(OCCn2cncn2)c1. The van der Waals surface area contributed by atoms with Gasteiger partial charge in [0.05, 0.1) is 6.54 Å². The van der Waals surface area contributed by atoms with Gasteiger partial charge in [0.1, 0.15) is 25.0 Å². The largest absolute Gasteiger partial charge is 0.492 e. The molecule has 0 radical (unpaired) electrons. The minimum absolute atomic E-state index is 0.601. The van der Waals surface area contributed by atoms with Gasteiger partial charge in [0, 0.05) is 3.57 Å². The van der Waals surface area contributed by atoms with Crippen molar-refractivity contribution < 1.29 is 4.74 Å². The summed E-state index contributed by atoms with van der Waals surface area (Å²) >= 11 is 2.26. The average molecular weight is 315 g/mol. The summed E-state index contributed by atoms with van der Waals surface area (Å²) in [6.45, 7) is 1.31. The van der Waals surface area contributed by atoms with Crippen LogP contribution in [0.1, 0.15) is 0 Å². The number of rotatable bonds is 4. The molecule has 0 fully saturated rings. The van der Waals surface area contributed by atoms with Crippen LogP contribution in [-0.4, -0.2) is 21.4 Å². The number of nitrogens with zero attached hydrogens (tertiary/aromatic N) is 3. The molecule has 2 aromatic rings. The minimum atomic E-state index is 0.601. The summed E-state index contributed by atoms with van der Waals surface area (Å²) in [5.74, 6) is 0.891. The molecule has 2 rings (SSSR count). The van der Waals surface area contributed by atoms with Crippen LogP contribution in [0.15, 0.2) is 36.9 Å². The van der Waals surface area contributed by atoms with Crippen LogP contribution in [0.3, 0.4) is 0 Å². The first-order valence-electron chi connectivity index (χ1n) is 4.55. The van der Waals surface area contributed by atoms with E-state index in [0.29, 0.717) is 13.2 Å². The van der Waals surface area contributed by atoms with Gasteiger partial charge in [-0.25, -0.2) is 9.67 Å². The molecule has 78 valence electrons. The lowest BCUT2D eigenvalue weighted by atomic mass is 10.3. The molecule has 0 aliphatic carbocycles. The summed E-state index contributed by atoms with van der Waals surface area (Å²) in [5, 5.41) is 3.99. The van der Waals surface area contributed by atoms with Crippen molar-refractivity contribution in [1.29, 1.82) is 0 Å². The molecule has 0 amide bonds. The first-order chi connectivity index (χ1) is 7.34. The van der Waals surface area contributed by atoms with E-state index in [4.69, 9.17) is 4.74 Å². The highest BCUT2D eigenvalue weighted by Gasteiger charge is 1.95. The Morgan fingerprint density at radius 2 is 2.33 bits per heavy atom. The van der Waals surface area contributed by atoms with Crippen molar-refractivity contribution in [3.8, 4) is 5.75 Å². The molecule has 0 saturated heterocycles. The zero-order valence-corrected chi connectivity index (χ0v) is 10.2. The first-order valence-corrected chi connectivity index (χ1v) is 5.63. The lowest BCUT2D eigenvalue weighted by Gasteiger charge is -2.05. The van der Waals surface area contributed by atoms with Crippen LogP contribution in [0, 0.1) is 3.57 Å². The van der Waals surface area contributed by atoms with E-state index in [2.05, 4.69) is 32.7 Å². The van der Waals surface area contributed by atoms with Gasteiger partial charge in [-0.3, -0.25) is 0 Å². The maximum Gasteiger partial charge on any atom is 0.137 e. The van der Waals surface area contributed by atoms with Gasteiger partial charge >= 0.3 is 0 Å². The van der Waals surface area contributed by atoms with Gasteiger partial charge in [0.15, 0.2) is 0 Å². The minimum Gasteiger partial charge on any atom is -0.492 e. The smallest absolute Gasteiger partial charge is 0.137 e. The fraction of sp³-hybridized carbons (Fsp3) is 0.200. The predicted molar refractivity (Wildman–Crippen MR) is 64.7 cm³/mol. The van der Waals surface area contributed by atoms with Gasteiger partial charge in [-0.05, 0) is 40.8 Å². The molecular weight excluding hydrogens is 305 g/mol. The monoisotopic (exact) mass is 315 g/mol. The highest BCUT2D eigenvalue weighted by Crippen LogP contribution is 2.14. The van der Waals surface area contributed by atoms with E-state index < -0.39 is 0 Å². The molecule has 1 aromatic carbocycles. The van der Waals surface area contributed by atoms with E-state index in [9.17, 15) is 0 Å². The van der Waals surface area contributed by atoms with Crippen molar-refractivity contribution in [3.05, 3.63) is 40.5 Å². The van der Waals surface area contributed by atoms with Crippen molar-refractivity contribution in [1.82, 2.24) is 14.8 Å². The second kappa shape index (κ2) is 5.11. The van der Waals surface area contributed by atoms with Crippen molar-refractivity contribution in [2.75, 3.05) is 6.61 Å². The Hall–Kier alpha value is -1.11. The molecule has 5 heteroatoms. The normalized spacial score (nSPS) is 10.2. The van der Waals surface area contributed by atoms with Crippen molar-refractivity contribution in [2.24, 2.45) is 0 Å². The topological polar surface area (TPSA) is 39.9 Å². The van der Waals surface area contributed by atoms with Gasteiger partial charge in [-0.1, -0.05) is 6.07 Å². The van der Waals surface area contributed by atoms with Gasteiger partial charge in [0.2, 0.25) is 0 Å². The number of hydrogen-bond donors (Lipinski definition) is 0. The van der Waals surface area contributed by atoms with Crippen LogP contribution in [0.5, 0.6) is 5.75 Å². The van der Waals surface area contributed by atoms with Crippen LogP contribution >= 0.6 is 22.6 Å². The molecule has 1 aromatic heterocycles. The Morgan fingerprint density at radius 3 is 3.07 bits per heavy atom. The highest BCUT2D eigenvalue weighted by atomic mass is 127. The van der Waals surface area contributed by atoms with Crippen LogP contribution in [0.25, 0.3) is 0 Å². The lowest BCUT2D eigenvalue weighted by molar-refractivity contribution is 0.291. The lowest BCUT2D eigenvalue weighted by Crippen LogP contribution is -2.08. The molecule has 0 atom stereocenters. The van der Waals surface area contributed by atoms with Crippen LogP contribution < -0.4 is 4.74 Å². The zero-order chi connectivity index (χ0) is 10.5. The van der Waals surface area contributed by atoms with Crippen molar-refractivity contribution >= 4 is 22.6 Å². The second-order valence-corrected chi connectivity index (χ2v) is 4.21. The number of aromatic nitrogens is 3. The zero-order valence-electron chi connectivity index (χ0n) is 8.01. The number of hydrogen-bond acceptors (Lipinski definition) is 3. The first kappa shape index (κ1) is 10.4. The molecule has 0 bridgehead atoms. The molecule has 0 unspecified atom stereocenters. The van der Waals surface area contributed by atoms with Crippen molar-refractivity contribution in [2.45, 2.75) is 6.54 Å². The van der Waals surface area contributed by atoms with E-state index in [0.717, 1.165) is 5.75 Å². The fourth-order valence-electron chi connectivity index (χ4n) is 1.16. The van der Waals surface area contributed by atoms with Crippen LogP contribution in [-0.2, 0) is 6.54 Å². The molecular formula is C10H10IN3O. The Balaban J connectivity index is 1.83. The summed E-state index contributed by atoms with van der Waals surface area (Å²) in [4.78, 5) is 3.86. The van der Waals surface area contributed by atoms with E-state index in [1.807, 2.05) is 24.3 Å². The van der Waals surface area contributed by atoms with E-state index in [-0.39, 0.29) is 0 Å². The van der Waals surface area contributed by atoms with E-state index in [1.165, 1.54) is 9.90 Å². The fourth-order valence-corrected chi connectivity index (χ4v) is 1.68. The quantitative estimate of drug-likeness (QED) is 0.810. The van der Waals surface area contributed by atoms with E-state index in [1.54, 1.807) is 11.0 Å². The average Bonchev–Trinajstić information content (AvgIpc) is 2.71. The Bertz CT molecular complexity index is 416. The second-order valence-electron chi connectivity index (χ2n) is 2.96. The van der Waals surface area contributed by atoms with Crippen LogP contribution in [0.2, 0.25) is 0 Å². The summed E-state index contributed by atoms with van der Waals surface area (Å²) < 4.78 is 8.48. The van der Waals surface area contributed by atoms with E-state index >= 15 is 0 Å². The molecule has 0 aliphatic rings. The van der Waals surface area contributed by atoms with Gasteiger partial charge in [0.25, 0.3) is 0 Å². The summed E-state index contributed by atoms with van der Waals surface area (Å²) in [7, 11) is 0. The third-order valence-corrected chi connectivity index (χ3v) is 2.52. The molecule has 0 saturated carbocycles. The molecule has 15 heavy (non-hydrogen) atoms. The summed E-state index contributed by atoms with van der Waals surface area (Å²) in [6.07, 6.45) is 3.20. The molecule has 4 nitrogen and oxygen atoms in total. The Labute approximate surface area is 101 Å². The Kier molecular flexibility index (Phi) is 3.54. The molecule has 0 N–H and O–H groups in total. The highest BCUT2D eigenvalue weighted by molar-refractivity contribution is 14.1. The van der Waals surface area contributed by atoms with Gasteiger partial charge in [-0.2, -0.15) is 5.10 Å². The van der Waals surface area contributed by atoms with Crippen molar-refractivity contribution in [3.63, 3.8) is 0 Å². The van der Waals surface area contributed by atoms with Gasteiger partial charge < -0.3 is 4.74 Å². The molecule has 0 spiro atoms. The maximum absolute atomic E-state index is 5.57. The number of ether oxygens (including phenoxy) is 1. The summed E-state index contributed by atoms with van der Waals surface area (Å²) in [6, 6.07) is 7.96.